The molecule has 2 amide bonds. The Labute approximate surface area is 256 Å². The first-order valence-electron chi connectivity index (χ1n) is 16.2. The Morgan fingerprint density at radius 1 is 0.698 bits per heavy atom. The molecule has 230 valence electrons. The van der Waals surface area contributed by atoms with Crippen LogP contribution in [0.1, 0.15) is 117 Å². The van der Waals surface area contributed by atoms with Crippen LogP contribution in [0.5, 0.6) is 0 Å². The topological polar surface area (TPSA) is 104 Å². The lowest BCUT2D eigenvalue weighted by molar-refractivity contribution is 0.0944. The second kappa shape index (κ2) is 16.6. The van der Waals surface area contributed by atoms with Gasteiger partial charge in [-0.05, 0) is 44.0 Å². The molecule has 0 atom stereocenters. The smallest absolute Gasteiger partial charge is 0.251 e. The second-order valence-corrected chi connectivity index (χ2v) is 11.5. The van der Waals surface area contributed by atoms with E-state index >= 15 is 0 Å². The van der Waals surface area contributed by atoms with Gasteiger partial charge in [-0.15, -0.1) is 0 Å². The van der Waals surface area contributed by atoms with Crippen LogP contribution < -0.4 is 10.6 Å². The normalized spacial score (nSPS) is 11.2. The first-order valence-corrected chi connectivity index (χ1v) is 16.2. The van der Waals surface area contributed by atoms with Crippen molar-refractivity contribution in [3.8, 4) is 22.6 Å². The molecular formula is C35H48N6O2. The highest BCUT2D eigenvalue weighted by Crippen LogP contribution is 2.26. The Balaban J connectivity index is 1.33. The number of nitrogens with one attached hydrogen (secondary N) is 3. The van der Waals surface area contributed by atoms with Crippen molar-refractivity contribution in [1.29, 1.82) is 0 Å². The highest BCUT2D eigenvalue weighted by Gasteiger charge is 2.17. The van der Waals surface area contributed by atoms with Crippen LogP contribution in [0.4, 0.5) is 0 Å². The summed E-state index contributed by atoms with van der Waals surface area (Å²) in [6.07, 6.45) is 14.4. The van der Waals surface area contributed by atoms with Crippen molar-refractivity contribution < 1.29 is 9.59 Å². The molecular weight excluding hydrogens is 536 g/mol. The lowest BCUT2D eigenvalue weighted by Crippen LogP contribution is -2.24. The van der Waals surface area contributed by atoms with E-state index in [-0.39, 0.29) is 11.8 Å². The fourth-order valence-corrected chi connectivity index (χ4v) is 5.33. The van der Waals surface area contributed by atoms with Crippen LogP contribution in [0.3, 0.4) is 0 Å². The van der Waals surface area contributed by atoms with Crippen LogP contribution in [0.25, 0.3) is 28.4 Å². The fraction of sp³-hybridized carbons (Fsp3) is 0.486. The number of carbonyl (C=O) groups is 2. The van der Waals surface area contributed by atoms with Crippen molar-refractivity contribution in [2.24, 2.45) is 0 Å². The lowest BCUT2D eigenvalue weighted by Gasteiger charge is -2.07. The summed E-state index contributed by atoms with van der Waals surface area (Å²) in [5.74, 6) is 1.13. The third-order valence-corrected chi connectivity index (χ3v) is 7.97. The number of fused-ring (bicyclic) bond motifs is 1. The van der Waals surface area contributed by atoms with Crippen molar-refractivity contribution in [1.82, 2.24) is 30.2 Å². The van der Waals surface area contributed by atoms with Gasteiger partial charge in [0.1, 0.15) is 0 Å². The molecule has 0 unspecified atom stereocenters. The number of carbonyl (C=O) groups excluding carboxylic acids is 2. The molecule has 0 bridgehead atoms. The molecule has 2 aromatic carbocycles. The number of H-pyrrole nitrogens is 1. The van der Waals surface area contributed by atoms with Crippen LogP contribution in [-0.2, 0) is 0 Å². The molecule has 0 aliphatic carbocycles. The van der Waals surface area contributed by atoms with Gasteiger partial charge in [0, 0.05) is 35.3 Å². The summed E-state index contributed by atoms with van der Waals surface area (Å²) in [4.78, 5) is 34.8. The van der Waals surface area contributed by atoms with E-state index in [4.69, 9.17) is 9.97 Å². The number of imidazole rings is 1. The van der Waals surface area contributed by atoms with Gasteiger partial charge in [0.05, 0.1) is 11.4 Å². The van der Waals surface area contributed by atoms with Crippen molar-refractivity contribution in [2.75, 3.05) is 13.1 Å². The van der Waals surface area contributed by atoms with Crippen LogP contribution >= 0.6 is 0 Å². The molecule has 0 saturated heterocycles. The minimum atomic E-state index is -0.0576. The monoisotopic (exact) mass is 584 g/mol. The van der Waals surface area contributed by atoms with E-state index < -0.39 is 0 Å². The number of amides is 2. The molecule has 0 radical (unpaired) electrons. The maximum atomic E-state index is 12.8. The number of hydrogen-bond donors (Lipinski definition) is 3. The van der Waals surface area contributed by atoms with Crippen LogP contribution in [0.15, 0.2) is 48.5 Å². The van der Waals surface area contributed by atoms with Gasteiger partial charge in [-0.3, -0.25) is 14.7 Å². The van der Waals surface area contributed by atoms with E-state index in [9.17, 15) is 9.59 Å². The Hall–Kier alpha value is -3.94. The molecule has 2 heterocycles. The number of aromatic nitrogens is 4. The lowest BCUT2D eigenvalue weighted by atomic mass is 10.1. The molecule has 4 aromatic rings. The predicted molar refractivity (Wildman–Crippen MR) is 174 cm³/mol. The van der Waals surface area contributed by atoms with Crippen molar-refractivity contribution in [2.45, 2.75) is 97.8 Å². The molecule has 0 spiro atoms. The van der Waals surface area contributed by atoms with Crippen LogP contribution in [-0.4, -0.2) is 44.5 Å². The molecule has 4 rings (SSSR count). The molecule has 0 aliphatic heterocycles. The highest BCUT2D eigenvalue weighted by atomic mass is 16.2. The number of hydrogen-bond acceptors (Lipinski definition) is 4. The quantitative estimate of drug-likeness (QED) is 0.103. The maximum Gasteiger partial charge on any atom is 0.251 e. The fourth-order valence-electron chi connectivity index (χ4n) is 5.33. The molecule has 2 aromatic heterocycles. The third kappa shape index (κ3) is 9.02. The van der Waals surface area contributed by atoms with Crippen LogP contribution in [0.2, 0.25) is 0 Å². The Kier molecular flexibility index (Phi) is 12.4. The van der Waals surface area contributed by atoms with Gasteiger partial charge in [-0.2, -0.15) is 4.98 Å². The van der Waals surface area contributed by atoms with Gasteiger partial charge in [-0.1, -0.05) is 102 Å². The molecule has 0 aliphatic rings. The third-order valence-electron chi connectivity index (χ3n) is 7.97. The zero-order chi connectivity index (χ0) is 30.4. The van der Waals surface area contributed by atoms with E-state index in [0.717, 1.165) is 48.2 Å². The van der Waals surface area contributed by atoms with E-state index in [1.165, 1.54) is 51.4 Å². The van der Waals surface area contributed by atoms with Gasteiger partial charge in [0.2, 0.25) is 0 Å². The number of aryl methyl sites for hydroxylation is 1. The Morgan fingerprint density at radius 2 is 1.28 bits per heavy atom. The summed E-state index contributed by atoms with van der Waals surface area (Å²) in [6, 6.07) is 15.1. The average Bonchev–Trinajstić information content (AvgIpc) is 3.59. The molecule has 43 heavy (non-hydrogen) atoms. The van der Waals surface area contributed by atoms with E-state index in [1.54, 1.807) is 0 Å². The number of aromatic amines is 1. The number of benzene rings is 2. The first kappa shape index (κ1) is 32.0. The van der Waals surface area contributed by atoms with Gasteiger partial charge < -0.3 is 10.6 Å². The summed E-state index contributed by atoms with van der Waals surface area (Å²) in [6.45, 7) is 7.82. The van der Waals surface area contributed by atoms with Gasteiger partial charge >= 0.3 is 0 Å². The SMILES string of the molecule is CCCCCCCCNC(=O)c1ccc(-c2nc3nc(-c4cccc(C(=O)NCCCCCCCC)c4)c(C)n3[nH]2)cc1. The van der Waals surface area contributed by atoms with Crippen molar-refractivity contribution in [3.05, 3.63) is 65.4 Å². The van der Waals surface area contributed by atoms with Gasteiger partial charge in [0.25, 0.3) is 17.6 Å². The van der Waals surface area contributed by atoms with Crippen LogP contribution in [0, 0.1) is 6.92 Å². The first-order chi connectivity index (χ1) is 21.0. The molecule has 0 saturated carbocycles. The summed E-state index contributed by atoms with van der Waals surface area (Å²) < 4.78 is 1.86. The zero-order valence-electron chi connectivity index (χ0n) is 26.2. The second-order valence-electron chi connectivity index (χ2n) is 11.5. The largest absolute Gasteiger partial charge is 0.352 e. The Morgan fingerprint density at radius 3 is 1.88 bits per heavy atom. The standard InChI is InChI=1S/C35H48N6O2/c1-4-6-8-10-12-14-23-36-33(42)28-21-19-27(20-22-28)32-39-35-38-31(26(3)41(35)40-32)29-17-16-18-30(25-29)34(43)37-24-15-13-11-9-7-5-2/h16-22,25H,4-15,23-24H2,1-3H3,(H,36,42)(H,37,43)(H,38,39,40). The van der Waals surface area contributed by atoms with Gasteiger partial charge in [0.15, 0.2) is 5.82 Å². The zero-order valence-corrected chi connectivity index (χ0v) is 26.2. The van der Waals surface area contributed by atoms with Crippen molar-refractivity contribution >= 4 is 17.6 Å². The molecule has 8 heteroatoms. The minimum Gasteiger partial charge on any atom is -0.352 e. The van der Waals surface area contributed by atoms with Crippen molar-refractivity contribution in [3.63, 3.8) is 0 Å². The predicted octanol–water partition coefficient (Wildman–Crippen LogP) is 7.88. The number of rotatable bonds is 18. The molecule has 8 nitrogen and oxygen atoms in total. The summed E-state index contributed by atoms with van der Waals surface area (Å²) in [5.41, 5.74) is 4.71. The average molecular weight is 585 g/mol. The van der Waals surface area contributed by atoms with E-state index in [0.29, 0.717) is 35.8 Å². The molecule has 0 fully saturated rings. The van der Waals surface area contributed by atoms with E-state index in [2.05, 4.69) is 29.6 Å². The highest BCUT2D eigenvalue weighted by molar-refractivity contribution is 5.95. The summed E-state index contributed by atoms with van der Waals surface area (Å²) in [5, 5.41) is 9.41. The summed E-state index contributed by atoms with van der Waals surface area (Å²) in [7, 11) is 0. The number of unbranched alkanes of at least 4 members (excludes halogenated alkanes) is 10. The Bertz CT molecular complexity index is 1450. The minimum absolute atomic E-state index is 0.0480. The maximum absolute atomic E-state index is 12.8. The van der Waals surface area contributed by atoms with Gasteiger partial charge in [-0.25, -0.2) is 9.50 Å². The number of nitrogens with zero attached hydrogens (tertiary/aromatic N) is 3. The summed E-state index contributed by atoms with van der Waals surface area (Å²) >= 11 is 0. The van der Waals surface area contributed by atoms with E-state index in [1.807, 2.05) is 60.0 Å². The molecule has 3 N–H and O–H groups in total.